The third kappa shape index (κ3) is 3.71. The molecule has 0 aliphatic rings. The van der Waals surface area contributed by atoms with Gasteiger partial charge in [-0.3, -0.25) is 0 Å². The summed E-state index contributed by atoms with van der Waals surface area (Å²) in [6, 6.07) is 14.1. The summed E-state index contributed by atoms with van der Waals surface area (Å²) >= 11 is 0. The van der Waals surface area contributed by atoms with Gasteiger partial charge in [-0.15, -0.1) is 0 Å². The fraction of sp³-hybridized carbons (Fsp3) is 0.312. The van der Waals surface area contributed by atoms with Crippen molar-refractivity contribution in [1.82, 2.24) is 4.98 Å². The van der Waals surface area contributed by atoms with Crippen molar-refractivity contribution in [3.63, 3.8) is 0 Å². The van der Waals surface area contributed by atoms with Gasteiger partial charge >= 0.3 is 0 Å². The summed E-state index contributed by atoms with van der Waals surface area (Å²) in [6.45, 7) is 3.11. The number of aromatic nitrogens is 1. The van der Waals surface area contributed by atoms with Crippen LogP contribution in [0.5, 0.6) is 5.88 Å². The molecular formula is C16H20N2O2. The molecule has 0 aliphatic carbocycles. The fourth-order valence-corrected chi connectivity index (χ4v) is 2.01. The van der Waals surface area contributed by atoms with Crippen molar-refractivity contribution in [3.8, 4) is 5.88 Å². The molecule has 4 heteroatoms. The van der Waals surface area contributed by atoms with Crippen LogP contribution < -0.4 is 10.1 Å². The van der Waals surface area contributed by atoms with Gasteiger partial charge in [0, 0.05) is 13.3 Å². The van der Waals surface area contributed by atoms with Crippen molar-refractivity contribution in [3.05, 3.63) is 54.2 Å². The predicted molar refractivity (Wildman–Crippen MR) is 80.1 cm³/mol. The molecule has 1 aromatic carbocycles. The Morgan fingerprint density at radius 2 is 1.95 bits per heavy atom. The molecule has 1 heterocycles. The van der Waals surface area contributed by atoms with Crippen LogP contribution in [0.2, 0.25) is 0 Å². The Kier molecular flexibility index (Phi) is 5.38. The molecule has 0 spiro atoms. The summed E-state index contributed by atoms with van der Waals surface area (Å²) < 4.78 is 10.8. The Morgan fingerprint density at radius 3 is 2.65 bits per heavy atom. The highest BCUT2D eigenvalue weighted by Crippen LogP contribution is 2.26. The number of rotatable bonds is 7. The minimum Gasteiger partial charge on any atom is -0.476 e. The van der Waals surface area contributed by atoms with E-state index in [0.717, 1.165) is 5.69 Å². The summed E-state index contributed by atoms with van der Waals surface area (Å²) in [7, 11) is 1.70. The number of hydrogen-bond donors (Lipinski definition) is 1. The van der Waals surface area contributed by atoms with E-state index in [4.69, 9.17) is 9.47 Å². The minimum absolute atomic E-state index is 0.0598. The molecule has 0 bridgehead atoms. The molecule has 1 N–H and O–H groups in total. The van der Waals surface area contributed by atoms with Crippen LogP contribution in [0.3, 0.4) is 0 Å². The van der Waals surface area contributed by atoms with Gasteiger partial charge in [-0.1, -0.05) is 30.3 Å². The number of methoxy groups -OCH3 is 1. The van der Waals surface area contributed by atoms with Gasteiger partial charge in [0.2, 0.25) is 5.88 Å². The lowest BCUT2D eigenvalue weighted by molar-refractivity contribution is 0.186. The molecule has 1 unspecified atom stereocenters. The Balaban J connectivity index is 2.20. The van der Waals surface area contributed by atoms with E-state index >= 15 is 0 Å². The molecule has 0 aliphatic heterocycles. The standard InChI is InChI=1S/C16H20N2O2/c1-3-20-16-14(10-7-11-17-16)18-15(12-19-2)13-8-5-4-6-9-13/h4-11,15,18H,3,12H2,1-2H3. The van der Waals surface area contributed by atoms with Crippen LogP contribution in [-0.2, 0) is 4.74 Å². The fourth-order valence-electron chi connectivity index (χ4n) is 2.01. The van der Waals surface area contributed by atoms with E-state index in [-0.39, 0.29) is 6.04 Å². The number of ether oxygens (including phenoxy) is 2. The van der Waals surface area contributed by atoms with Gasteiger partial charge in [-0.05, 0) is 24.6 Å². The van der Waals surface area contributed by atoms with Crippen LogP contribution in [0.15, 0.2) is 48.7 Å². The summed E-state index contributed by atoms with van der Waals surface area (Å²) in [5.74, 6) is 0.618. The van der Waals surface area contributed by atoms with Crippen LogP contribution in [-0.4, -0.2) is 25.3 Å². The molecule has 0 amide bonds. The maximum atomic E-state index is 5.54. The Morgan fingerprint density at radius 1 is 1.15 bits per heavy atom. The maximum absolute atomic E-state index is 5.54. The molecule has 0 fully saturated rings. The molecule has 0 radical (unpaired) electrons. The number of hydrogen-bond acceptors (Lipinski definition) is 4. The first-order valence-corrected chi connectivity index (χ1v) is 6.73. The number of pyridine rings is 1. The number of benzene rings is 1. The average Bonchev–Trinajstić information content (AvgIpc) is 2.50. The molecule has 1 aromatic heterocycles. The van der Waals surface area contributed by atoms with Gasteiger partial charge in [0.1, 0.15) is 0 Å². The quantitative estimate of drug-likeness (QED) is 0.840. The Bertz CT molecular complexity index is 517. The third-order valence-electron chi connectivity index (χ3n) is 2.92. The van der Waals surface area contributed by atoms with Gasteiger partial charge < -0.3 is 14.8 Å². The minimum atomic E-state index is 0.0598. The number of nitrogens with zero attached hydrogens (tertiary/aromatic N) is 1. The van der Waals surface area contributed by atoms with Crippen LogP contribution in [0.4, 0.5) is 5.69 Å². The lowest BCUT2D eigenvalue weighted by Crippen LogP contribution is -2.17. The Hall–Kier alpha value is -2.07. The first kappa shape index (κ1) is 14.3. The van der Waals surface area contributed by atoms with Crippen LogP contribution >= 0.6 is 0 Å². The van der Waals surface area contributed by atoms with Crippen molar-refractivity contribution < 1.29 is 9.47 Å². The maximum Gasteiger partial charge on any atom is 0.237 e. The summed E-state index contributed by atoms with van der Waals surface area (Å²) in [5, 5.41) is 3.44. The molecule has 4 nitrogen and oxygen atoms in total. The van der Waals surface area contributed by atoms with Crippen molar-refractivity contribution in [1.29, 1.82) is 0 Å². The van der Waals surface area contributed by atoms with E-state index in [2.05, 4.69) is 22.4 Å². The van der Waals surface area contributed by atoms with Crippen molar-refractivity contribution in [2.45, 2.75) is 13.0 Å². The summed E-state index contributed by atoms with van der Waals surface area (Å²) in [6.07, 6.45) is 1.73. The van der Waals surface area contributed by atoms with E-state index in [9.17, 15) is 0 Å². The van der Waals surface area contributed by atoms with E-state index in [1.807, 2.05) is 37.3 Å². The first-order chi connectivity index (χ1) is 9.85. The first-order valence-electron chi connectivity index (χ1n) is 6.73. The molecule has 2 rings (SSSR count). The smallest absolute Gasteiger partial charge is 0.237 e. The van der Waals surface area contributed by atoms with E-state index in [0.29, 0.717) is 19.1 Å². The van der Waals surface area contributed by atoms with Crippen LogP contribution in [0, 0.1) is 0 Å². The number of nitrogens with one attached hydrogen (secondary N) is 1. The number of anilines is 1. The predicted octanol–water partition coefficient (Wildman–Crippen LogP) is 3.28. The lowest BCUT2D eigenvalue weighted by Gasteiger charge is -2.20. The highest BCUT2D eigenvalue weighted by molar-refractivity contribution is 5.53. The zero-order valence-electron chi connectivity index (χ0n) is 11.9. The van der Waals surface area contributed by atoms with E-state index in [1.165, 1.54) is 5.56 Å². The average molecular weight is 272 g/mol. The highest BCUT2D eigenvalue weighted by atomic mass is 16.5. The zero-order chi connectivity index (χ0) is 14.2. The van der Waals surface area contributed by atoms with Crippen LogP contribution in [0.1, 0.15) is 18.5 Å². The SMILES string of the molecule is CCOc1ncccc1NC(COC)c1ccccc1. The van der Waals surface area contributed by atoms with Crippen molar-refractivity contribution in [2.75, 3.05) is 25.6 Å². The zero-order valence-corrected chi connectivity index (χ0v) is 11.9. The molecule has 106 valence electrons. The van der Waals surface area contributed by atoms with Gasteiger partial charge in [0.25, 0.3) is 0 Å². The molecular weight excluding hydrogens is 252 g/mol. The summed E-state index contributed by atoms with van der Waals surface area (Å²) in [5.41, 5.74) is 2.04. The second-order valence-corrected chi connectivity index (χ2v) is 4.35. The summed E-state index contributed by atoms with van der Waals surface area (Å²) in [4.78, 5) is 4.25. The van der Waals surface area contributed by atoms with Crippen molar-refractivity contribution >= 4 is 5.69 Å². The molecule has 20 heavy (non-hydrogen) atoms. The molecule has 0 saturated heterocycles. The van der Waals surface area contributed by atoms with Gasteiger partial charge in [-0.25, -0.2) is 4.98 Å². The topological polar surface area (TPSA) is 43.4 Å². The molecule has 2 aromatic rings. The monoisotopic (exact) mass is 272 g/mol. The second kappa shape index (κ2) is 7.50. The molecule has 0 saturated carbocycles. The third-order valence-corrected chi connectivity index (χ3v) is 2.92. The largest absolute Gasteiger partial charge is 0.476 e. The lowest BCUT2D eigenvalue weighted by atomic mass is 10.1. The Labute approximate surface area is 119 Å². The van der Waals surface area contributed by atoms with Crippen LogP contribution in [0.25, 0.3) is 0 Å². The second-order valence-electron chi connectivity index (χ2n) is 4.35. The van der Waals surface area contributed by atoms with Gasteiger partial charge in [0.05, 0.1) is 24.9 Å². The van der Waals surface area contributed by atoms with Gasteiger partial charge in [-0.2, -0.15) is 0 Å². The molecule has 1 atom stereocenters. The normalized spacial score (nSPS) is 11.9. The van der Waals surface area contributed by atoms with Gasteiger partial charge in [0.15, 0.2) is 0 Å². The highest BCUT2D eigenvalue weighted by Gasteiger charge is 2.13. The van der Waals surface area contributed by atoms with E-state index in [1.54, 1.807) is 13.3 Å². The van der Waals surface area contributed by atoms with Crippen molar-refractivity contribution in [2.24, 2.45) is 0 Å². The van der Waals surface area contributed by atoms with E-state index < -0.39 is 0 Å².